The van der Waals surface area contributed by atoms with Crippen molar-refractivity contribution in [2.75, 3.05) is 7.05 Å². The Kier molecular flexibility index (Phi) is 4.04. The van der Waals surface area contributed by atoms with Gasteiger partial charge >= 0.3 is 0 Å². The van der Waals surface area contributed by atoms with Crippen LogP contribution in [-0.4, -0.2) is 28.9 Å². The van der Waals surface area contributed by atoms with Crippen molar-refractivity contribution in [2.45, 2.75) is 32.2 Å². The van der Waals surface area contributed by atoms with E-state index >= 15 is 0 Å². The first kappa shape index (κ1) is 15.9. The smallest absolute Gasteiger partial charge is 0.253 e. The summed E-state index contributed by atoms with van der Waals surface area (Å²) >= 11 is 0. The monoisotopic (exact) mass is 334 g/mol. The van der Waals surface area contributed by atoms with Gasteiger partial charge in [-0.1, -0.05) is 19.1 Å². The molecular formula is C21H22N2O2. The first-order valence-electron chi connectivity index (χ1n) is 8.85. The van der Waals surface area contributed by atoms with Gasteiger partial charge in [-0.25, -0.2) is 4.98 Å². The molecule has 2 aromatic carbocycles. The zero-order valence-electron chi connectivity index (χ0n) is 14.6. The molecule has 1 heterocycles. The number of rotatable bonds is 3. The normalized spacial score (nSPS) is 20.1. The van der Waals surface area contributed by atoms with Crippen molar-refractivity contribution in [1.29, 1.82) is 0 Å². The second kappa shape index (κ2) is 6.36. The molecule has 2 unspecified atom stereocenters. The minimum atomic E-state index is 0.0863. The van der Waals surface area contributed by atoms with Crippen LogP contribution in [0.3, 0.4) is 0 Å². The second-order valence-electron chi connectivity index (χ2n) is 7.05. The molecule has 1 aromatic heterocycles. The highest BCUT2D eigenvalue weighted by atomic mass is 16.3. The van der Waals surface area contributed by atoms with E-state index in [9.17, 15) is 4.79 Å². The van der Waals surface area contributed by atoms with Crippen LogP contribution in [0.25, 0.3) is 22.6 Å². The maximum Gasteiger partial charge on any atom is 0.253 e. The summed E-state index contributed by atoms with van der Waals surface area (Å²) in [5.74, 6) is 1.38. The molecule has 1 aliphatic carbocycles. The number of hydrogen-bond donors (Lipinski definition) is 0. The van der Waals surface area contributed by atoms with E-state index in [0.29, 0.717) is 23.4 Å². The number of nitrogens with zero attached hydrogens (tertiary/aromatic N) is 2. The number of benzene rings is 2. The van der Waals surface area contributed by atoms with Gasteiger partial charge in [-0.3, -0.25) is 4.79 Å². The zero-order valence-corrected chi connectivity index (χ0v) is 14.6. The summed E-state index contributed by atoms with van der Waals surface area (Å²) in [6, 6.07) is 15.6. The van der Waals surface area contributed by atoms with Crippen LogP contribution in [0.4, 0.5) is 0 Å². The molecule has 1 aliphatic rings. The van der Waals surface area contributed by atoms with Crippen LogP contribution in [0.2, 0.25) is 0 Å². The molecule has 1 saturated carbocycles. The van der Waals surface area contributed by atoms with E-state index in [1.54, 1.807) is 0 Å². The molecule has 1 fully saturated rings. The zero-order chi connectivity index (χ0) is 17.4. The molecule has 4 nitrogen and oxygen atoms in total. The predicted molar refractivity (Wildman–Crippen MR) is 98.3 cm³/mol. The Bertz CT molecular complexity index is 865. The van der Waals surface area contributed by atoms with E-state index in [1.807, 2.05) is 60.5 Å². The first-order chi connectivity index (χ1) is 12.1. The van der Waals surface area contributed by atoms with Gasteiger partial charge in [0.1, 0.15) is 5.52 Å². The number of fused-ring (bicyclic) bond motifs is 1. The molecule has 128 valence electrons. The highest BCUT2D eigenvalue weighted by Crippen LogP contribution is 2.29. The van der Waals surface area contributed by atoms with Crippen LogP contribution in [0.15, 0.2) is 52.9 Å². The summed E-state index contributed by atoms with van der Waals surface area (Å²) < 4.78 is 5.79. The third-order valence-corrected chi connectivity index (χ3v) is 5.21. The van der Waals surface area contributed by atoms with Crippen LogP contribution in [0.5, 0.6) is 0 Å². The summed E-state index contributed by atoms with van der Waals surface area (Å²) in [5, 5.41) is 0. The Labute approximate surface area is 147 Å². The summed E-state index contributed by atoms with van der Waals surface area (Å²) in [6.07, 6.45) is 3.41. The van der Waals surface area contributed by atoms with Crippen LogP contribution < -0.4 is 0 Å². The van der Waals surface area contributed by atoms with Crippen molar-refractivity contribution >= 4 is 17.0 Å². The topological polar surface area (TPSA) is 46.3 Å². The molecule has 1 amide bonds. The lowest BCUT2D eigenvalue weighted by Crippen LogP contribution is -2.35. The van der Waals surface area contributed by atoms with Crippen molar-refractivity contribution in [3.05, 3.63) is 54.1 Å². The van der Waals surface area contributed by atoms with Crippen LogP contribution >= 0.6 is 0 Å². The standard InChI is InChI=1S/C21H22N2O2/c1-14-7-12-17(13-14)23(2)21(24)16-10-8-15(9-11-16)20-22-18-5-3-4-6-19(18)25-20/h3-6,8-11,14,17H,7,12-13H2,1-2H3. The minimum Gasteiger partial charge on any atom is -0.436 e. The lowest BCUT2D eigenvalue weighted by Gasteiger charge is -2.24. The van der Waals surface area contributed by atoms with Gasteiger partial charge in [0.15, 0.2) is 5.58 Å². The molecule has 0 bridgehead atoms. The summed E-state index contributed by atoms with van der Waals surface area (Å²) in [5.41, 5.74) is 3.20. The van der Waals surface area contributed by atoms with Crippen LogP contribution in [-0.2, 0) is 0 Å². The Balaban J connectivity index is 1.54. The maximum absolute atomic E-state index is 12.7. The van der Waals surface area contributed by atoms with E-state index < -0.39 is 0 Å². The highest BCUT2D eigenvalue weighted by Gasteiger charge is 2.28. The average molecular weight is 334 g/mol. The second-order valence-corrected chi connectivity index (χ2v) is 7.05. The van der Waals surface area contributed by atoms with Gasteiger partial charge < -0.3 is 9.32 Å². The number of hydrogen-bond acceptors (Lipinski definition) is 3. The highest BCUT2D eigenvalue weighted by molar-refractivity contribution is 5.94. The first-order valence-corrected chi connectivity index (χ1v) is 8.85. The maximum atomic E-state index is 12.7. The fraction of sp³-hybridized carbons (Fsp3) is 0.333. The van der Waals surface area contributed by atoms with E-state index in [4.69, 9.17) is 4.42 Å². The number of oxazole rings is 1. The Morgan fingerprint density at radius 3 is 2.56 bits per heavy atom. The lowest BCUT2D eigenvalue weighted by molar-refractivity contribution is 0.0733. The van der Waals surface area contributed by atoms with Crippen molar-refractivity contribution in [1.82, 2.24) is 9.88 Å². The third kappa shape index (κ3) is 3.04. The Hall–Kier alpha value is -2.62. The van der Waals surface area contributed by atoms with E-state index in [2.05, 4.69) is 11.9 Å². The van der Waals surface area contributed by atoms with Crippen LogP contribution in [0.1, 0.15) is 36.5 Å². The van der Waals surface area contributed by atoms with Crippen LogP contribution in [0, 0.1) is 5.92 Å². The number of aromatic nitrogens is 1. The molecule has 0 spiro atoms. The molecule has 2 atom stereocenters. The van der Waals surface area contributed by atoms with Crippen molar-refractivity contribution in [3.8, 4) is 11.5 Å². The van der Waals surface area contributed by atoms with Gasteiger partial charge in [-0.2, -0.15) is 0 Å². The number of para-hydroxylation sites is 2. The molecule has 0 aliphatic heterocycles. The molecular weight excluding hydrogens is 312 g/mol. The summed E-state index contributed by atoms with van der Waals surface area (Å²) in [4.78, 5) is 19.1. The number of carbonyl (C=O) groups excluding carboxylic acids is 1. The van der Waals surface area contributed by atoms with Gasteiger partial charge in [0.2, 0.25) is 5.89 Å². The fourth-order valence-electron chi connectivity index (χ4n) is 3.65. The van der Waals surface area contributed by atoms with Gasteiger partial charge in [0, 0.05) is 24.2 Å². The van der Waals surface area contributed by atoms with Gasteiger partial charge in [0.05, 0.1) is 0 Å². The molecule has 4 heteroatoms. The largest absolute Gasteiger partial charge is 0.436 e. The quantitative estimate of drug-likeness (QED) is 0.694. The van der Waals surface area contributed by atoms with Gasteiger partial charge in [0.25, 0.3) is 5.91 Å². The minimum absolute atomic E-state index is 0.0863. The predicted octanol–water partition coefficient (Wildman–Crippen LogP) is 4.76. The molecule has 3 aromatic rings. The average Bonchev–Trinajstić information content (AvgIpc) is 3.26. The Morgan fingerprint density at radius 1 is 1.12 bits per heavy atom. The van der Waals surface area contributed by atoms with E-state index in [1.165, 1.54) is 6.42 Å². The van der Waals surface area contributed by atoms with Crippen molar-refractivity contribution < 1.29 is 9.21 Å². The van der Waals surface area contributed by atoms with E-state index in [-0.39, 0.29) is 5.91 Å². The fourth-order valence-corrected chi connectivity index (χ4v) is 3.65. The molecule has 0 N–H and O–H groups in total. The van der Waals surface area contributed by atoms with Gasteiger partial charge in [-0.05, 0) is 61.6 Å². The summed E-state index contributed by atoms with van der Waals surface area (Å²) in [6.45, 7) is 2.26. The molecule has 25 heavy (non-hydrogen) atoms. The molecule has 4 rings (SSSR count). The van der Waals surface area contributed by atoms with Gasteiger partial charge in [-0.15, -0.1) is 0 Å². The molecule has 0 saturated heterocycles. The van der Waals surface area contributed by atoms with E-state index in [0.717, 1.165) is 29.5 Å². The number of carbonyl (C=O) groups is 1. The molecule has 0 radical (unpaired) electrons. The number of amides is 1. The third-order valence-electron chi connectivity index (χ3n) is 5.21. The van der Waals surface area contributed by atoms with Crippen molar-refractivity contribution in [3.63, 3.8) is 0 Å². The SMILES string of the molecule is CC1CCC(N(C)C(=O)c2ccc(-c3nc4ccccc4o3)cc2)C1. The Morgan fingerprint density at radius 2 is 1.88 bits per heavy atom. The summed E-state index contributed by atoms with van der Waals surface area (Å²) in [7, 11) is 1.92. The lowest BCUT2D eigenvalue weighted by atomic mass is 10.1. The van der Waals surface area contributed by atoms with Crippen molar-refractivity contribution in [2.24, 2.45) is 5.92 Å².